The van der Waals surface area contributed by atoms with Crippen LogP contribution in [0.2, 0.25) is 5.02 Å². The summed E-state index contributed by atoms with van der Waals surface area (Å²) in [6.45, 7) is 4.29. The molecular weight excluding hydrogens is 469 g/mol. The van der Waals surface area contributed by atoms with E-state index in [1.165, 1.54) is 9.47 Å². The molecular formula is C23H27ClFN3O4S. The highest BCUT2D eigenvalue weighted by atomic mass is 35.5. The monoisotopic (exact) mass is 495 g/mol. The van der Waals surface area contributed by atoms with Crippen molar-refractivity contribution in [3.05, 3.63) is 58.1 Å². The average Bonchev–Trinajstić information content (AvgIpc) is 3.49. The van der Waals surface area contributed by atoms with Crippen molar-refractivity contribution in [1.82, 2.24) is 14.8 Å². The quantitative estimate of drug-likeness (QED) is 0.589. The van der Waals surface area contributed by atoms with E-state index in [9.17, 15) is 23.3 Å². The Bertz CT molecular complexity index is 1110. The normalized spacial score (nSPS) is 18.1. The molecule has 1 saturated carbocycles. The van der Waals surface area contributed by atoms with Crippen LogP contribution in [0.25, 0.3) is 0 Å². The third-order valence-electron chi connectivity index (χ3n) is 6.30. The van der Waals surface area contributed by atoms with E-state index in [1.807, 2.05) is 0 Å². The van der Waals surface area contributed by atoms with Gasteiger partial charge in [-0.05, 0) is 44.4 Å². The second-order valence-corrected chi connectivity index (χ2v) is 12.2. The molecule has 0 spiro atoms. The van der Waals surface area contributed by atoms with Crippen LogP contribution in [0.5, 0.6) is 0 Å². The molecule has 1 aliphatic heterocycles. The molecule has 0 saturated heterocycles. The van der Waals surface area contributed by atoms with Crippen LogP contribution in [-0.2, 0) is 23.9 Å². The van der Waals surface area contributed by atoms with Crippen LogP contribution >= 0.6 is 11.6 Å². The first-order valence-corrected chi connectivity index (χ1v) is 12.3. The number of benzene rings is 1. The lowest BCUT2D eigenvalue weighted by molar-refractivity contribution is 0.0692. The van der Waals surface area contributed by atoms with E-state index in [1.54, 1.807) is 38.1 Å². The molecule has 0 bridgehead atoms. The minimum Gasteiger partial charge on any atom is -0.395 e. The number of carbonyl (C=O) groups excluding carboxylic acids is 2. The number of nitrogens with zero attached hydrogens (tertiary/aromatic N) is 2. The van der Waals surface area contributed by atoms with Crippen LogP contribution in [0.1, 0.15) is 53.2 Å². The lowest BCUT2D eigenvalue weighted by Gasteiger charge is -2.34. The van der Waals surface area contributed by atoms with Gasteiger partial charge in [0, 0.05) is 48.1 Å². The topological polar surface area (TPSA) is 91.6 Å². The Morgan fingerprint density at radius 3 is 2.55 bits per heavy atom. The standard InChI is InChI=1S/C23H27ClFN3O4S/c1-22(2,14-29)33(32)23(7-8-23)13-27-9-10-28-18(11-17(25)19(28)21(27)31)20(30)26-12-15-3-5-16(24)6-4-15/h3-6,11,29H,7-10,12-14H2,1-2H3,(H,26,30). The average molecular weight is 496 g/mol. The zero-order valence-corrected chi connectivity index (χ0v) is 20.1. The van der Waals surface area contributed by atoms with E-state index in [2.05, 4.69) is 5.32 Å². The molecule has 1 atom stereocenters. The molecule has 1 fully saturated rings. The van der Waals surface area contributed by atoms with Crippen LogP contribution in [0.4, 0.5) is 4.39 Å². The van der Waals surface area contributed by atoms with Gasteiger partial charge in [0.2, 0.25) is 0 Å². The third kappa shape index (κ3) is 4.58. The summed E-state index contributed by atoms with van der Waals surface area (Å²) in [4.78, 5) is 27.3. The predicted molar refractivity (Wildman–Crippen MR) is 124 cm³/mol. The van der Waals surface area contributed by atoms with Gasteiger partial charge >= 0.3 is 0 Å². The number of aliphatic hydroxyl groups is 1. The lowest BCUT2D eigenvalue weighted by atomic mass is 10.2. The Morgan fingerprint density at radius 1 is 1.27 bits per heavy atom. The zero-order valence-electron chi connectivity index (χ0n) is 18.6. The minimum absolute atomic E-state index is 0.0931. The predicted octanol–water partition coefficient (Wildman–Crippen LogP) is 2.72. The molecule has 1 aromatic heterocycles. The van der Waals surface area contributed by atoms with E-state index < -0.39 is 37.9 Å². The second kappa shape index (κ2) is 8.85. The summed E-state index contributed by atoms with van der Waals surface area (Å²) in [7, 11) is -1.35. The molecule has 10 heteroatoms. The van der Waals surface area contributed by atoms with E-state index in [0.717, 1.165) is 11.6 Å². The van der Waals surface area contributed by atoms with E-state index in [4.69, 9.17) is 11.6 Å². The largest absolute Gasteiger partial charge is 0.395 e. The maximum atomic E-state index is 14.8. The van der Waals surface area contributed by atoms with Gasteiger partial charge in [-0.1, -0.05) is 23.7 Å². The smallest absolute Gasteiger partial charge is 0.273 e. The van der Waals surface area contributed by atoms with Crippen molar-refractivity contribution in [3.8, 4) is 0 Å². The summed E-state index contributed by atoms with van der Waals surface area (Å²) in [5, 5.41) is 12.9. The van der Waals surface area contributed by atoms with Crippen LogP contribution in [0.3, 0.4) is 0 Å². The third-order valence-corrected chi connectivity index (χ3v) is 9.00. The highest BCUT2D eigenvalue weighted by Crippen LogP contribution is 2.46. The fraction of sp³-hybridized carbons (Fsp3) is 0.478. The van der Waals surface area contributed by atoms with Crippen LogP contribution < -0.4 is 5.32 Å². The summed E-state index contributed by atoms with van der Waals surface area (Å²) in [6, 6.07) is 8.10. The molecule has 7 nitrogen and oxygen atoms in total. The Morgan fingerprint density at radius 2 is 1.94 bits per heavy atom. The number of fused-ring (bicyclic) bond motifs is 1. The summed E-state index contributed by atoms with van der Waals surface area (Å²) in [6.07, 6.45) is 1.38. The summed E-state index contributed by atoms with van der Waals surface area (Å²) in [5.41, 5.74) is 0.783. The Kier molecular flexibility index (Phi) is 6.41. The van der Waals surface area contributed by atoms with Gasteiger partial charge in [-0.2, -0.15) is 0 Å². The van der Waals surface area contributed by atoms with E-state index >= 15 is 0 Å². The van der Waals surface area contributed by atoms with Gasteiger partial charge in [0.15, 0.2) is 5.82 Å². The molecule has 0 radical (unpaired) electrons. The number of amides is 2. The van der Waals surface area contributed by atoms with Gasteiger partial charge in [-0.15, -0.1) is 0 Å². The fourth-order valence-corrected chi connectivity index (χ4v) is 6.35. The van der Waals surface area contributed by atoms with Crippen molar-refractivity contribution in [3.63, 3.8) is 0 Å². The van der Waals surface area contributed by atoms with Gasteiger partial charge in [0.1, 0.15) is 11.4 Å². The Hall–Kier alpha value is -2.23. The molecule has 2 N–H and O–H groups in total. The lowest BCUT2D eigenvalue weighted by Crippen LogP contribution is -2.49. The number of aromatic nitrogens is 1. The van der Waals surface area contributed by atoms with Crippen molar-refractivity contribution >= 4 is 34.2 Å². The SMILES string of the molecule is CC(C)(CO)S(=O)C1(CN2CCn3c(C(=O)NCc4ccc(Cl)cc4)cc(F)c3C2=O)CC1. The van der Waals surface area contributed by atoms with Gasteiger partial charge in [0.05, 0.1) is 16.1 Å². The van der Waals surface area contributed by atoms with Crippen LogP contribution in [0.15, 0.2) is 30.3 Å². The van der Waals surface area contributed by atoms with Crippen molar-refractivity contribution in [2.75, 3.05) is 19.7 Å². The number of nitrogens with one attached hydrogen (secondary N) is 1. The van der Waals surface area contributed by atoms with Crippen molar-refractivity contribution in [2.24, 2.45) is 0 Å². The van der Waals surface area contributed by atoms with Gasteiger partial charge in [-0.25, -0.2) is 4.39 Å². The van der Waals surface area contributed by atoms with Crippen molar-refractivity contribution in [2.45, 2.75) is 49.3 Å². The van der Waals surface area contributed by atoms with E-state index in [-0.39, 0.29) is 44.2 Å². The van der Waals surface area contributed by atoms with Gasteiger partial charge in [-0.3, -0.25) is 13.8 Å². The highest BCUT2D eigenvalue weighted by molar-refractivity contribution is 7.88. The summed E-state index contributed by atoms with van der Waals surface area (Å²) < 4.78 is 27.9. The van der Waals surface area contributed by atoms with E-state index in [0.29, 0.717) is 17.9 Å². The first kappa shape index (κ1) is 23.9. The molecule has 1 aromatic carbocycles. The second-order valence-electron chi connectivity index (χ2n) is 9.28. The number of halogens is 2. The van der Waals surface area contributed by atoms with Gasteiger partial charge in [0.25, 0.3) is 11.8 Å². The zero-order chi connectivity index (χ0) is 24.0. The molecule has 2 aromatic rings. The molecule has 1 aliphatic carbocycles. The molecule has 33 heavy (non-hydrogen) atoms. The molecule has 2 aliphatic rings. The number of hydrogen-bond donors (Lipinski definition) is 2. The number of rotatable bonds is 8. The molecule has 4 rings (SSSR count). The van der Waals surface area contributed by atoms with Crippen molar-refractivity contribution in [1.29, 1.82) is 0 Å². The van der Waals surface area contributed by atoms with Crippen molar-refractivity contribution < 1.29 is 23.3 Å². The maximum Gasteiger partial charge on any atom is 0.273 e. The summed E-state index contributed by atoms with van der Waals surface area (Å²) in [5.74, 6) is -1.73. The fourth-order valence-electron chi connectivity index (χ4n) is 4.19. The first-order chi connectivity index (χ1) is 15.6. The molecule has 1 unspecified atom stereocenters. The maximum absolute atomic E-state index is 14.8. The Balaban J connectivity index is 1.48. The minimum atomic E-state index is -1.35. The molecule has 2 heterocycles. The molecule has 178 valence electrons. The van der Waals surface area contributed by atoms with Gasteiger partial charge < -0.3 is 19.9 Å². The number of aliphatic hydroxyl groups excluding tert-OH is 1. The first-order valence-electron chi connectivity index (χ1n) is 10.8. The number of carbonyl (C=O) groups is 2. The summed E-state index contributed by atoms with van der Waals surface area (Å²) >= 11 is 5.87. The molecule has 2 amide bonds. The Labute approximate surface area is 199 Å². The van der Waals surface area contributed by atoms with Crippen LogP contribution in [0, 0.1) is 5.82 Å². The highest BCUT2D eigenvalue weighted by Gasteiger charge is 2.55. The van der Waals surface area contributed by atoms with Crippen LogP contribution in [-0.4, -0.2) is 59.8 Å². The number of hydrogen-bond acceptors (Lipinski definition) is 4.